The highest BCUT2D eigenvalue weighted by Crippen LogP contribution is 2.08. The summed E-state index contributed by atoms with van der Waals surface area (Å²) < 4.78 is 5.59. The molecule has 0 spiro atoms. The largest absolute Gasteiger partial charge is 0.373 e. The van der Waals surface area contributed by atoms with Gasteiger partial charge in [-0.1, -0.05) is 18.0 Å². The Hall–Kier alpha value is -0.710. The Balaban J connectivity index is 1.69. The third-order valence-electron chi connectivity index (χ3n) is 2.67. The predicted molar refractivity (Wildman–Crippen MR) is 62.3 cm³/mol. The molecule has 2 rings (SSSR count). The first-order valence-corrected chi connectivity index (χ1v) is 6.01. The van der Waals surface area contributed by atoms with Crippen molar-refractivity contribution in [1.82, 2.24) is 15.5 Å². The molecule has 1 N–H and O–H groups in total. The Bertz CT molecular complexity index is 312. The molecule has 88 valence electrons. The maximum Gasteiger partial charge on any atom is 0.151 e. The van der Waals surface area contributed by atoms with Gasteiger partial charge in [-0.25, -0.2) is 0 Å². The lowest BCUT2D eigenvalue weighted by atomic mass is 10.1. The fourth-order valence-electron chi connectivity index (χ4n) is 1.79. The summed E-state index contributed by atoms with van der Waals surface area (Å²) in [4.78, 5) is 0. The molecular formula is C11H16ClN3O. The second-order valence-corrected chi connectivity index (χ2v) is 4.40. The number of aromatic nitrogens is 2. The lowest BCUT2D eigenvalue weighted by Gasteiger charge is -2.22. The first-order chi connectivity index (χ1) is 7.84. The molecule has 1 aliphatic heterocycles. The fraction of sp³-hybridized carbons (Fsp3) is 0.636. The topological polar surface area (TPSA) is 47.0 Å². The van der Waals surface area contributed by atoms with Gasteiger partial charge in [0, 0.05) is 6.04 Å². The van der Waals surface area contributed by atoms with E-state index in [0.29, 0.717) is 17.8 Å². The maximum atomic E-state index is 5.64. The zero-order valence-corrected chi connectivity index (χ0v) is 9.91. The van der Waals surface area contributed by atoms with E-state index in [0.717, 1.165) is 18.8 Å². The third kappa shape index (κ3) is 3.70. The molecule has 0 aliphatic carbocycles. The molecule has 1 atom stereocenters. The Kier molecular flexibility index (Phi) is 4.51. The summed E-state index contributed by atoms with van der Waals surface area (Å²) in [6.45, 7) is 2.35. The van der Waals surface area contributed by atoms with Crippen molar-refractivity contribution >= 4 is 11.6 Å². The van der Waals surface area contributed by atoms with E-state index in [1.54, 1.807) is 6.07 Å². The van der Waals surface area contributed by atoms with Gasteiger partial charge in [-0.3, -0.25) is 0 Å². The molecule has 0 radical (unpaired) electrons. The van der Waals surface area contributed by atoms with Gasteiger partial charge < -0.3 is 10.1 Å². The van der Waals surface area contributed by atoms with Crippen molar-refractivity contribution in [3.8, 4) is 0 Å². The number of nitrogens with zero attached hydrogens (tertiary/aromatic N) is 2. The van der Waals surface area contributed by atoms with Crippen LogP contribution in [0.2, 0.25) is 5.15 Å². The summed E-state index contributed by atoms with van der Waals surface area (Å²) >= 11 is 5.64. The van der Waals surface area contributed by atoms with Crippen molar-refractivity contribution in [3.05, 3.63) is 23.0 Å². The highest BCUT2D eigenvalue weighted by atomic mass is 35.5. The Labute approximate surface area is 100 Å². The molecule has 5 heteroatoms. The van der Waals surface area contributed by atoms with Gasteiger partial charge in [-0.05, 0) is 31.5 Å². The molecule has 0 unspecified atom stereocenters. The average molecular weight is 242 g/mol. The van der Waals surface area contributed by atoms with Crippen LogP contribution in [0.3, 0.4) is 0 Å². The molecule has 0 bridgehead atoms. The number of ether oxygens (including phenoxy) is 1. The van der Waals surface area contributed by atoms with Gasteiger partial charge >= 0.3 is 0 Å². The van der Waals surface area contributed by atoms with Crippen LogP contribution < -0.4 is 5.32 Å². The second-order valence-electron chi connectivity index (χ2n) is 4.01. The van der Waals surface area contributed by atoms with Gasteiger partial charge in [0.15, 0.2) is 5.15 Å². The molecule has 2 heterocycles. The Morgan fingerprint density at radius 2 is 2.31 bits per heavy atom. The van der Waals surface area contributed by atoms with Gasteiger partial charge in [0.05, 0.1) is 18.9 Å². The molecule has 1 aromatic heterocycles. The van der Waals surface area contributed by atoms with Crippen LogP contribution in [0.25, 0.3) is 0 Å². The normalized spacial score (nSPS) is 20.9. The molecule has 4 nitrogen and oxygen atoms in total. The van der Waals surface area contributed by atoms with Crippen molar-refractivity contribution in [2.75, 3.05) is 13.2 Å². The summed E-state index contributed by atoms with van der Waals surface area (Å²) in [5.41, 5.74) is 0.820. The lowest BCUT2D eigenvalue weighted by molar-refractivity contribution is 0.0886. The van der Waals surface area contributed by atoms with Crippen LogP contribution in [0, 0.1) is 0 Å². The first kappa shape index (κ1) is 11.8. The molecule has 1 aliphatic rings. The smallest absolute Gasteiger partial charge is 0.151 e. The maximum absolute atomic E-state index is 5.64. The van der Waals surface area contributed by atoms with E-state index in [1.807, 2.05) is 6.07 Å². The molecule has 1 saturated heterocycles. The SMILES string of the molecule is Clc1ccc(COC[C@@H]2CCCCN2)nn1. The summed E-state index contributed by atoms with van der Waals surface area (Å²) in [6.07, 6.45) is 3.77. The van der Waals surface area contributed by atoms with E-state index in [1.165, 1.54) is 19.3 Å². The van der Waals surface area contributed by atoms with Crippen molar-refractivity contribution < 1.29 is 4.74 Å². The zero-order valence-electron chi connectivity index (χ0n) is 9.16. The highest BCUT2D eigenvalue weighted by molar-refractivity contribution is 6.29. The van der Waals surface area contributed by atoms with Crippen molar-refractivity contribution in [2.45, 2.75) is 31.9 Å². The fourth-order valence-corrected chi connectivity index (χ4v) is 1.89. The molecule has 16 heavy (non-hydrogen) atoms. The van der Waals surface area contributed by atoms with Crippen LogP contribution in [-0.4, -0.2) is 29.4 Å². The van der Waals surface area contributed by atoms with E-state index in [4.69, 9.17) is 16.3 Å². The van der Waals surface area contributed by atoms with Gasteiger partial charge in [0.2, 0.25) is 0 Å². The minimum Gasteiger partial charge on any atom is -0.373 e. The third-order valence-corrected chi connectivity index (χ3v) is 2.87. The quantitative estimate of drug-likeness (QED) is 0.873. The minimum atomic E-state index is 0.415. The monoisotopic (exact) mass is 241 g/mol. The van der Waals surface area contributed by atoms with Gasteiger partial charge in [0.25, 0.3) is 0 Å². The van der Waals surface area contributed by atoms with E-state index in [2.05, 4.69) is 15.5 Å². The molecule has 1 aromatic rings. The molecule has 1 fully saturated rings. The molecule has 0 aromatic carbocycles. The average Bonchev–Trinajstić information content (AvgIpc) is 2.33. The van der Waals surface area contributed by atoms with Crippen LogP contribution >= 0.6 is 11.6 Å². The van der Waals surface area contributed by atoms with Crippen molar-refractivity contribution in [2.24, 2.45) is 0 Å². The second kappa shape index (κ2) is 6.13. The summed E-state index contributed by atoms with van der Waals surface area (Å²) in [6, 6.07) is 4.06. The van der Waals surface area contributed by atoms with E-state index in [9.17, 15) is 0 Å². The Morgan fingerprint density at radius 3 is 3.00 bits per heavy atom. The number of hydrogen-bond acceptors (Lipinski definition) is 4. The molecule has 0 amide bonds. The minimum absolute atomic E-state index is 0.415. The van der Waals surface area contributed by atoms with Crippen LogP contribution in [0.4, 0.5) is 0 Å². The number of rotatable bonds is 4. The number of halogens is 1. The lowest BCUT2D eigenvalue weighted by Crippen LogP contribution is -2.37. The summed E-state index contributed by atoms with van der Waals surface area (Å²) in [7, 11) is 0. The van der Waals surface area contributed by atoms with Crippen LogP contribution in [-0.2, 0) is 11.3 Å². The molecular weight excluding hydrogens is 226 g/mol. The van der Waals surface area contributed by atoms with Crippen molar-refractivity contribution in [1.29, 1.82) is 0 Å². The highest BCUT2D eigenvalue weighted by Gasteiger charge is 2.12. The van der Waals surface area contributed by atoms with Crippen molar-refractivity contribution in [3.63, 3.8) is 0 Å². The predicted octanol–water partition coefficient (Wildman–Crippen LogP) is 1.79. The molecule has 0 saturated carbocycles. The summed E-state index contributed by atoms with van der Waals surface area (Å²) in [5.74, 6) is 0. The van der Waals surface area contributed by atoms with Crippen LogP contribution in [0.15, 0.2) is 12.1 Å². The summed E-state index contributed by atoms with van der Waals surface area (Å²) in [5, 5.41) is 11.5. The number of piperidine rings is 1. The van der Waals surface area contributed by atoms with Gasteiger partial charge in [-0.2, -0.15) is 5.10 Å². The van der Waals surface area contributed by atoms with E-state index < -0.39 is 0 Å². The van der Waals surface area contributed by atoms with E-state index >= 15 is 0 Å². The standard InChI is InChI=1S/C11H16ClN3O/c12-11-5-4-10(14-15-11)8-16-7-9-3-1-2-6-13-9/h4-5,9,13H,1-3,6-8H2/t9-/m0/s1. The first-order valence-electron chi connectivity index (χ1n) is 5.64. The van der Waals surface area contributed by atoms with Gasteiger partial charge in [-0.15, -0.1) is 5.10 Å². The zero-order chi connectivity index (χ0) is 11.2. The Morgan fingerprint density at radius 1 is 1.38 bits per heavy atom. The van der Waals surface area contributed by atoms with Gasteiger partial charge in [0.1, 0.15) is 0 Å². The van der Waals surface area contributed by atoms with E-state index in [-0.39, 0.29) is 0 Å². The van der Waals surface area contributed by atoms with Crippen LogP contribution in [0.5, 0.6) is 0 Å². The number of nitrogens with one attached hydrogen (secondary N) is 1. The van der Waals surface area contributed by atoms with Crippen LogP contribution in [0.1, 0.15) is 25.0 Å². The number of hydrogen-bond donors (Lipinski definition) is 1.